The smallest absolute Gasteiger partial charge is 0.306 e. The van der Waals surface area contributed by atoms with Crippen molar-refractivity contribution in [2.45, 2.75) is 31.8 Å². The van der Waals surface area contributed by atoms with E-state index in [-0.39, 0.29) is 24.7 Å². The lowest BCUT2D eigenvalue weighted by Crippen LogP contribution is -2.51. The number of benzene rings is 1. The number of ether oxygens (including phenoxy) is 1. The number of carboxylic acid groups (broad SMARTS) is 1. The molecule has 0 bridgehead atoms. The van der Waals surface area contributed by atoms with Gasteiger partial charge in [-0.1, -0.05) is 12.1 Å². The fourth-order valence-corrected chi connectivity index (χ4v) is 2.61. The van der Waals surface area contributed by atoms with E-state index in [1.54, 1.807) is 30.9 Å². The van der Waals surface area contributed by atoms with Crippen LogP contribution in [-0.4, -0.2) is 47.7 Å². The molecular weight excluding hydrogens is 289 g/mol. The first-order valence-corrected chi connectivity index (χ1v) is 7.19. The minimum Gasteiger partial charge on any atom is -0.481 e. The maximum absolute atomic E-state index is 13.0. The second-order valence-electron chi connectivity index (χ2n) is 5.97. The summed E-state index contributed by atoms with van der Waals surface area (Å²) in [6.45, 7) is 4.58. The number of carbonyl (C=O) groups is 2. The van der Waals surface area contributed by atoms with E-state index in [4.69, 9.17) is 9.84 Å². The first-order valence-electron chi connectivity index (χ1n) is 7.19. The Morgan fingerprint density at radius 3 is 2.59 bits per heavy atom. The van der Waals surface area contributed by atoms with E-state index < -0.39 is 17.5 Å². The average Bonchev–Trinajstić information content (AvgIpc) is 2.46. The van der Waals surface area contributed by atoms with E-state index in [0.29, 0.717) is 13.2 Å². The van der Waals surface area contributed by atoms with Crippen molar-refractivity contribution in [3.63, 3.8) is 0 Å². The van der Waals surface area contributed by atoms with Gasteiger partial charge in [0.2, 0.25) is 5.91 Å². The van der Waals surface area contributed by atoms with Crippen LogP contribution < -0.4 is 0 Å². The Morgan fingerprint density at radius 1 is 1.36 bits per heavy atom. The zero-order valence-corrected chi connectivity index (χ0v) is 12.7. The van der Waals surface area contributed by atoms with Crippen LogP contribution in [0.3, 0.4) is 0 Å². The molecule has 0 radical (unpaired) electrons. The van der Waals surface area contributed by atoms with E-state index >= 15 is 0 Å². The third-order valence-corrected chi connectivity index (χ3v) is 3.93. The third kappa shape index (κ3) is 3.62. The van der Waals surface area contributed by atoms with Gasteiger partial charge in [0, 0.05) is 13.1 Å². The summed E-state index contributed by atoms with van der Waals surface area (Å²) in [7, 11) is 0. The second-order valence-corrected chi connectivity index (χ2v) is 5.97. The highest BCUT2D eigenvalue weighted by molar-refractivity contribution is 5.87. The van der Waals surface area contributed by atoms with Gasteiger partial charge in [-0.25, -0.2) is 4.39 Å². The lowest BCUT2D eigenvalue weighted by molar-refractivity contribution is -0.150. The van der Waals surface area contributed by atoms with Crippen LogP contribution in [0.25, 0.3) is 0 Å². The third-order valence-electron chi connectivity index (χ3n) is 3.93. The number of halogens is 1. The Hall–Kier alpha value is -1.95. The SMILES string of the molecule is CC(C)(C(=O)N1CCOC(CC(=O)O)C1)c1ccc(F)cc1. The summed E-state index contributed by atoms with van der Waals surface area (Å²) in [5.41, 5.74) is -0.0843. The minimum atomic E-state index is -0.947. The molecule has 0 spiro atoms. The summed E-state index contributed by atoms with van der Waals surface area (Å²) in [5.74, 6) is -1.41. The number of rotatable bonds is 4. The van der Waals surface area contributed by atoms with E-state index in [2.05, 4.69) is 0 Å². The molecule has 2 rings (SSSR count). The molecule has 120 valence electrons. The maximum atomic E-state index is 13.0. The number of nitrogens with zero attached hydrogens (tertiary/aromatic N) is 1. The van der Waals surface area contributed by atoms with Crippen molar-refractivity contribution < 1.29 is 23.8 Å². The van der Waals surface area contributed by atoms with Crippen molar-refractivity contribution in [2.24, 2.45) is 0 Å². The Kier molecular flexibility index (Phi) is 4.81. The molecule has 1 aliphatic heterocycles. The molecule has 1 aliphatic rings. The molecule has 1 heterocycles. The predicted molar refractivity (Wildman–Crippen MR) is 78.0 cm³/mol. The van der Waals surface area contributed by atoms with Crippen molar-refractivity contribution >= 4 is 11.9 Å². The van der Waals surface area contributed by atoms with Crippen molar-refractivity contribution in [1.29, 1.82) is 0 Å². The van der Waals surface area contributed by atoms with Crippen LogP contribution in [-0.2, 0) is 19.7 Å². The van der Waals surface area contributed by atoms with E-state index in [0.717, 1.165) is 5.56 Å². The fourth-order valence-electron chi connectivity index (χ4n) is 2.61. The average molecular weight is 309 g/mol. The van der Waals surface area contributed by atoms with E-state index in [9.17, 15) is 14.0 Å². The molecule has 1 fully saturated rings. The van der Waals surface area contributed by atoms with Crippen LogP contribution >= 0.6 is 0 Å². The standard InChI is InChI=1S/C16H20FNO4/c1-16(2,11-3-5-12(17)6-4-11)15(21)18-7-8-22-13(10-18)9-14(19)20/h3-6,13H,7-10H2,1-2H3,(H,19,20). The van der Waals surface area contributed by atoms with Gasteiger partial charge < -0.3 is 14.7 Å². The number of carbonyl (C=O) groups excluding carboxylic acids is 1. The van der Waals surface area contributed by atoms with Gasteiger partial charge in [-0.05, 0) is 31.5 Å². The number of carboxylic acids is 1. The summed E-state index contributed by atoms with van der Waals surface area (Å²) in [4.78, 5) is 25.2. The summed E-state index contributed by atoms with van der Waals surface area (Å²) < 4.78 is 18.4. The normalized spacial score (nSPS) is 19.0. The molecule has 0 aliphatic carbocycles. The summed E-state index contributed by atoms with van der Waals surface area (Å²) in [6.07, 6.45) is -0.611. The van der Waals surface area contributed by atoms with Gasteiger partial charge in [0.05, 0.1) is 24.5 Å². The molecule has 1 amide bonds. The van der Waals surface area contributed by atoms with Crippen LogP contribution in [0, 0.1) is 5.82 Å². The predicted octanol–water partition coefficient (Wildman–Crippen LogP) is 1.81. The zero-order valence-electron chi connectivity index (χ0n) is 12.7. The van der Waals surface area contributed by atoms with Gasteiger partial charge in [-0.3, -0.25) is 9.59 Å². The highest BCUT2D eigenvalue weighted by Crippen LogP contribution is 2.27. The molecule has 0 saturated carbocycles. The minimum absolute atomic E-state index is 0.113. The Bertz CT molecular complexity index is 556. The summed E-state index contributed by atoms with van der Waals surface area (Å²) in [5, 5.41) is 8.84. The molecule has 1 saturated heterocycles. The first-order chi connectivity index (χ1) is 10.3. The molecule has 5 nitrogen and oxygen atoms in total. The van der Waals surface area contributed by atoms with Gasteiger partial charge in [0.15, 0.2) is 0 Å². The van der Waals surface area contributed by atoms with Crippen LogP contribution in [0.2, 0.25) is 0 Å². The molecule has 1 aromatic carbocycles. The van der Waals surface area contributed by atoms with Crippen LogP contribution in [0.4, 0.5) is 4.39 Å². The number of amides is 1. The van der Waals surface area contributed by atoms with Gasteiger partial charge >= 0.3 is 5.97 Å². The number of hydrogen-bond acceptors (Lipinski definition) is 3. The molecule has 1 atom stereocenters. The highest BCUT2D eigenvalue weighted by Gasteiger charge is 2.36. The number of morpholine rings is 1. The van der Waals surface area contributed by atoms with Crippen molar-refractivity contribution in [3.8, 4) is 0 Å². The number of hydrogen-bond donors (Lipinski definition) is 1. The highest BCUT2D eigenvalue weighted by atomic mass is 19.1. The zero-order chi connectivity index (χ0) is 16.3. The van der Waals surface area contributed by atoms with Crippen LogP contribution in [0.1, 0.15) is 25.8 Å². The maximum Gasteiger partial charge on any atom is 0.306 e. The van der Waals surface area contributed by atoms with Crippen molar-refractivity contribution in [1.82, 2.24) is 4.90 Å². The van der Waals surface area contributed by atoms with Crippen molar-refractivity contribution in [2.75, 3.05) is 19.7 Å². The lowest BCUT2D eigenvalue weighted by Gasteiger charge is -2.37. The summed E-state index contributed by atoms with van der Waals surface area (Å²) >= 11 is 0. The first kappa shape index (κ1) is 16.4. The van der Waals surface area contributed by atoms with Gasteiger partial charge in [0.25, 0.3) is 0 Å². The molecular formula is C16H20FNO4. The molecule has 0 aromatic heterocycles. The van der Waals surface area contributed by atoms with Gasteiger partial charge in [0.1, 0.15) is 5.82 Å². The Labute approximate surface area is 128 Å². The summed E-state index contributed by atoms with van der Waals surface area (Å²) in [6, 6.07) is 5.86. The number of aliphatic carboxylic acids is 1. The monoisotopic (exact) mass is 309 g/mol. The van der Waals surface area contributed by atoms with E-state index in [1.165, 1.54) is 12.1 Å². The van der Waals surface area contributed by atoms with Crippen LogP contribution in [0.5, 0.6) is 0 Å². The Balaban J connectivity index is 2.11. The molecule has 22 heavy (non-hydrogen) atoms. The molecule has 6 heteroatoms. The van der Waals surface area contributed by atoms with E-state index in [1.807, 2.05) is 0 Å². The molecule has 1 N–H and O–H groups in total. The second kappa shape index (κ2) is 6.44. The van der Waals surface area contributed by atoms with Crippen molar-refractivity contribution in [3.05, 3.63) is 35.6 Å². The molecule has 1 aromatic rings. The lowest BCUT2D eigenvalue weighted by atomic mass is 9.83. The Morgan fingerprint density at radius 2 is 2.00 bits per heavy atom. The fraction of sp³-hybridized carbons (Fsp3) is 0.500. The quantitative estimate of drug-likeness (QED) is 0.921. The topological polar surface area (TPSA) is 66.8 Å². The molecule has 1 unspecified atom stereocenters. The van der Waals surface area contributed by atoms with Crippen LogP contribution in [0.15, 0.2) is 24.3 Å². The van der Waals surface area contributed by atoms with Gasteiger partial charge in [-0.15, -0.1) is 0 Å². The largest absolute Gasteiger partial charge is 0.481 e. The van der Waals surface area contributed by atoms with Gasteiger partial charge in [-0.2, -0.15) is 0 Å².